The molecule has 0 spiro atoms. The lowest BCUT2D eigenvalue weighted by Gasteiger charge is -2.19. The zero-order chi connectivity index (χ0) is 12.8. The number of ether oxygens (including phenoxy) is 1. The predicted octanol–water partition coefficient (Wildman–Crippen LogP) is 3.55. The number of para-hydroxylation sites is 1. The second kappa shape index (κ2) is 7.05. The third kappa shape index (κ3) is 3.42. The first-order valence-electron chi connectivity index (χ1n) is 6.77. The highest BCUT2D eigenvalue weighted by atomic mass is 32.2. The summed E-state index contributed by atoms with van der Waals surface area (Å²) < 4.78 is 5.89. The van der Waals surface area contributed by atoms with Gasteiger partial charge in [-0.1, -0.05) is 18.2 Å². The first kappa shape index (κ1) is 13.8. The van der Waals surface area contributed by atoms with Crippen molar-refractivity contribution in [3.8, 4) is 5.75 Å². The molecule has 1 unspecified atom stereocenters. The molecule has 1 atom stereocenters. The van der Waals surface area contributed by atoms with Gasteiger partial charge in [0.2, 0.25) is 0 Å². The van der Waals surface area contributed by atoms with E-state index in [-0.39, 0.29) is 0 Å². The first-order valence-corrected chi connectivity index (χ1v) is 8.17. The molecular formula is C15H23NOS. The predicted molar refractivity (Wildman–Crippen MR) is 79.7 cm³/mol. The Hall–Kier alpha value is -0.670. The minimum absolute atomic E-state index is 0.462. The third-order valence-corrected chi connectivity index (χ3v) is 4.11. The van der Waals surface area contributed by atoms with Crippen LogP contribution >= 0.6 is 11.8 Å². The smallest absolute Gasteiger partial charge is 0.126 e. The summed E-state index contributed by atoms with van der Waals surface area (Å²) in [5.41, 5.74) is 2.60. The fourth-order valence-electron chi connectivity index (χ4n) is 2.47. The fraction of sp³-hybridized carbons (Fsp3) is 0.600. The van der Waals surface area contributed by atoms with Crippen LogP contribution in [0, 0.1) is 6.92 Å². The van der Waals surface area contributed by atoms with Crippen molar-refractivity contribution < 1.29 is 4.74 Å². The second-order valence-electron chi connectivity index (χ2n) is 4.84. The van der Waals surface area contributed by atoms with Crippen molar-refractivity contribution >= 4 is 11.8 Å². The van der Waals surface area contributed by atoms with E-state index >= 15 is 0 Å². The van der Waals surface area contributed by atoms with Crippen molar-refractivity contribution in [1.29, 1.82) is 0 Å². The molecule has 1 aromatic carbocycles. The van der Waals surface area contributed by atoms with Crippen molar-refractivity contribution in [3.05, 3.63) is 29.3 Å². The molecule has 0 amide bonds. The molecule has 0 aromatic heterocycles. The van der Waals surface area contributed by atoms with Gasteiger partial charge in [0.25, 0.3) is 0 Å². The Labute approximate surface area is 114 Å². The fourth-order valence-corrected chi connectivity index (χ4v) is 2.90. The van der Waals surface area contributed by atoms with E-state index in [4.69, 9.17) is 4.74 Å². The molecule has 1 aliphatic heterocycles. The summed E-state index contributed by atoms with van der Waals surface area (Å²) in [6.45, 7) is 4.08. The standard InChI is InChI=1S/C15H23NOS/c1-12-6-3-7-13-14(16-9-5-11-18-2)8-4-10-17-15(12)13/h3,6-7,14,16H,4-5,8-11H2,1-2H3. The Morgan fingerprint density at radius 3 is 3.17 bits per heavy atom. The number of benzene rings is 1. The van der Waals surface area contributed by atoms with E-state index in [2.05, 4.69) is 36.7 Å². The van der Waals surface area contributed by atoms with E-state index < -0.39 is 0 Å². The SMILES string of the molecule is CSCCCNC1CCCOc2c(C)cccc21. The molecule has 1 aliphatic rings. The van der Waals surface area contributed by atoms with Gasteiger partial charge >= 0.3 is 0 Å². The lowest BCUT2D eigenvalue weighted by atomic mass is 10.00. The van der Waals surface area contributed by atoms with E-state index in [0.29, 0.717) is 6.04 Å². The highest BCUT2D eigenvalue weighted by Gasteiger charge is 2.20. The second-order valence-corrected chi connectivity index (χ2v) is 5.82. The first-order chi connectivity index (χ1) is 8.83. The molecule has 0 saturated carbocycles. The van der Waals surface area contributed by atoms with Crippen LogP contribution in [0.5, 0.6) is 5.75 Å². The number of thioether (sulfide) groups is 1. The summed E-state index contributed by atoms with van der Waals surface area (Å²) >= 11 is 1.92. The molecule has 0 bridgehead atoms. The largest absolute Gasteiger partial charge is 0.493 e. The van der Waals surface area contributed by atoms with Gasteiger partial charge in [-0.2, -0.15) is 11.8 Å². The van der Waals surface area contributed by atoms with Gasteiger partial charge in [-0.3, -0.25) is 0 Å². The molecule has 1 N–H and O–H groups in total. The Balaban J connectivity index is 2.05. The summed E-state index contributed by atoms with van der Waals surface area (Å²) in [4.78, 5) is 0. The minimum atomic E-state index is 0.462. The maximum absolute atomic E-state index is 5.89. The van der Waals surface area contributed by atoms with Crippen LogP contribution in [-0.2, 0) is 0 Å². The molecule has 1 aromatic rings. The number of rotatable bonds is 5. The molecular weight excluding hydrogens is 242 g/mol. The monoisotopic (exact) mass is 265 g/mol. The quantitative estimate of drug-likeness (QED) is 0.823. The van der Waals surface area contributed by atoms with Crippen molar-refractivity contribution in [2.75, 3.05) is 25.2 Å². The highest BCUT2D eigenvalue weighted by molar-refractivity contribution is 7.98. The van der Waals surface area contributed by atoms with Crippen molar-refractivity contribution in [2.24, 2.45) is 0 Å². The minimum Gasteiger partial charge on any atom is -0.493 e. The number of nitrogens with one attached hydrogen (secondary N) is 1. The average molecular weight is 265 g/mol. The van der Waals surface area contributed by atoms with Gasteiger partial charge in [0.1, 0.15) is 5.75 Å². The summed E-state index contributed by atoms with van der Waals surface area (Å²) in [5.74, 6) is 2.34. The van der Waals surface area contributed by atoms with Gasteiger partial charge in [0.05, 0.1) is 6.61 Å². The van der Waals surface area contributed by atoms with Crippen LogP contribution < -0.4 is 10.1 Å². The topological polar surface area (TPSA) is 21.3 Å². The van der Waals surface area contributed by atoms with Gasteiger partial charge in [-0.05, 0) is 50.3 Å². The summed E-state index contributed by atoms with van der Waals surface area (Å²) in [6, 6.07) is 6.94. The van der Waals surface area contributed by atoms with Crippen LogP contribution in [0.3, 0.4) is 0 Å². The maximum atomic E-state index is 5.89. The van der Waals surface area contributed by atoms with Crippen LogP contribution in [0.1, 0.15) is 36.4 Å². The molecule has 0 saturated heterocycles. The summed E-state index contributed by atoms with van der Waals surface area (Å²) in [7, 11) is 0. The number of aryl methyl sites for hydroxylation is 1. The lowest BCUT2D eigenvalue weighted by molar-refractivity contribution is 0.313. The normalized spacial score (nSPS) is 18.9. The van der Waals surface area contributed by atoms with Crippen LogP contribution in [-0.4, -0.2) is 25.2 Å². The van der Waals surface area contributed by atoms with Gasteiger partial charge < -0.3 is 10.1 Å². The van der Waals surface area contributed by atoms with Crippen molar-refractivity contribution in [2.45, 2.75) is 32.2 Å². The zero-order valence-electron chi connectivity index (χ0n) is 11.4. The Morgan fingerprint density at radius 2 is 2.33 bits per heavy atom. The van der Waals surface area contributed by atoms with E-state index in [0.717, 1.165) is 25.3 Å². The maximum Gasteiger partial charge on any atom is 0.126 e. The van der Waals surface area contributed by atoms with E-state index in [1.807, 2.05) is 11.8 Å². The van der Waals surface area contributed by atoms with Crippen LogP contribution in [0.25, 0.3) is 0 Å². The van der Waals surface area contributed by atoms with E-state index in [9.17, 15) is 0 Å². The van der Waals surface area contributed by atoms with Crippen molar-refractivity contribution in [3.63, 3.8) is 0 Å². The van der Waals surface area contributed by atoms with Gasteiger partial charge in [-0.15, -0.1) is 0 Å². The number of hydrogen-bond acceptors (Lipinski definition) is 3. The summed E-state index contributed by atoms with van der Waals surface area (Å²) in [5, 5.41) is 3.69. The number of fused-ring (bicyclic) bond motifs is 1. The Morgan fingerprint density at radius 1 is 1.44 bits per heavy atom. The van der Waals surface area contributed by atoms with Crippen LogP contribution in [0.4, 0.5) is 0 Å². The zero-order valence-corrected chi connectivity index (χ0v) is 12.2. The molecule has 3 heteroatoms. The molecule has 2 rings (SSSR count). The lowest BCUT2D eigenvalue weighted by Crippen LogP contribution is -2.22. The molecule has 18 heavy (non-hydrogen) atoms. The van der Waals surface area contributed by atoms with Gasteiger partial charge in [0.15, 0.2) is 0 Å². The third-order valence-electron chi connectivity index (χ3n) is 3.42. The van der Waals surface area contributed by atoms with E-state index in [1.165, 1.54) is 29.7 Å². The van der Waals surface area contributed by atoms with Crippen LogP contribution in [0.2, 0.25) is 0 Å². The Bertz CT molecular complexity index is 381. The van der Waals surface area contributed by atoms with Gasteiger partial charge in [0, 0.05) is 11.6 Å². The van der Waals surface area contributed by atoms with E-state index in [1.54, 1.807) is 0 Å². The van der Waals surface area contributed by atoms with Crippen LogP contribution in [0.15, 0.2) is 18.2 Å². The highest BCUT2D eigenvalue weighted by Crippen LogP contribution is 2.33. The van der Waals surface area contributed by atoms with Gasteiger partial charge in [-0.25, -0.2) is 0 Å². The molecule has 0 fully saturated rings. The molecule has 100 valence electrons. The molecule has 0 radical (unpaired) electrons. The Kier molecular flexibility index (Phi) is 5.39. The molecule has 1 heterocycles. The number of hydrogen-bond donors (Lipinski definition) is 1. The molecule has 0 aliphatic carbocycles. The average Bonchev–Trinajstić information content (AvgIpc) is 2.58. The molecule has 2 nitrogen and oxygen atoms in total. The van der Waals surface area contributed by atoms with Crippen molar-refractivity contribution in [1.82, 2.24) is 5.32 Å². The summed E-state index contributed by atoms with van der Waals surface area (Å²) in [6.07, 6.45) is 5.71.